The number of esters is 1. The minimum absolute atomic E-state index is 0.00390. The molecule has 0 fully saturated rings. The van der Waals surface area contributed by atoms with E-state index >= 15 is 0 Å². The number of thiazole rings is 1. The lowest BCUT2D eigenvalue weighted by Gasteiger charge is -2.15. The molecular weight excluding hydrogens is 264 g/mol. The van der Waals surface area contributed by atoms with Crippen LogP contribution in [0.5, 0.6) is 0 Å². The lowest BCUT2D eigenvalue weighted by atomic mass is 9.94. The van der Waals surface area contributed by atoms with Gasteiger partial charge in [0.2, 0.25) is 5.91 Å². The number of ether oxygens (including phenoxy) is 1. The molecule has 2 rings (SSSR count). The van der Waals surface area contributed by atoms with Crippen molar-refractivity contribution in [2.45, 2.75) is 26.2 Å². The van der Waals surface area contributed by atoms with Crippen molar-refractivity contribution >= 4 is 28.3 Å². The average Bonchev–Trinajstić information content (AvgIpc) is 2.79. The van der Waals surface area contributed by atoms with E-state index in [2.05, 4.69) is 21.1 Å². The van der Waals surface area contributed by atoms with Crippen molar-refractivity contribution < 1.29 is 14.3 Å². The Labute approximate surface area is 115 Å². The number of anilines is 1. The van der Waals surface area contributed by atoms with Gasteiger partial charge in [-0.2, -0.15) is 0 Å². The van der Waals surface area contributed by atoms with Crippen molar-refractivity contribution in [3.05, 3.63) is 22.7 Å². The minimum atomic E-state index is -0.420. The van der Waals surface area contributed by atoms with Gasteiger partial charge in [0.05, 0.1) is 12.8 Å². The number of nitrogens with zero attached hydrogens (tertiary/aromatic N) is 1. The lowest BCUT2D eigenvalue weighted by molar-refractivity contribution is -0.120. The molecule has 0 saturated heterocycles. The van der Waals surface area contributed by atoms with Gasteiger partial charge in [-0.05, 0) is 26.2 Å². The maximum atomic E-state index is 12.0. The highest BCUT2D eigenvalue weighted by Crippen LogP contribution is 2.25. The number of carbonyl (C=O) groups excluding carboxylic acids is 2. The Morgan fingerprint density at radius 3 is 2.89 bits per heavy atom. The molecule has 0 radical (unpaired) electrons. The SMILES string of the molecule is COC(=O)c1sc(NC(=O)[C@@H]2CC=CCC2)nc1C. The Kier molecular flexibility index (Phi) is 4.31. The summed E-state index contributed by atoms with van der Waals surface area (Å²) in [5.74, 6) is -0.457. The Balaban J connectivity index is 2.05. The van der Waals surface area contributed by atoms with Gasteiger partial charge in [0.1, 0.15) is 4.88 Å². The largest absolute Gasteiger partial charge is 0.465 e. The molecule has 1 aliphatic rings. The van der Waals surface area contributed by atoms with Gasteiger partial charge in [0.25, 0.3) is 0 Å². The van der Waals surface area contributed by atoms with Crippen molar-refractivity contribution in [1.82, 2.24) is 4.98 Å². The standard InChI is InChI=1S/C13H16N2O3S/c1-8-10(12(17)18-2)19-13(14-8)15-11(16)9-6-4-3-5-7-9/h3-4,9H,5-7H2,1-2H3,(H,14,15,16)/t9-/m1/s1. The molecule has 1 atom stereocenters. The smallest absolute Gasteiger partial charge is 0.350 e. The van der Waals surface area contributed by atoms with Crippen molar-refractivity contribution in [2.24, 2.45) is 5.92 Å². The fourth-order valence-corrected chi connectivity index (χ4v) is 2.86. The Morgan fingerprint density at radius 2 is 2.26 bits per heavy atom. The predicted molar refractivity (Wildman–Crippen MR) is 73.3 cm³/mol. The molecule has 0 aliphatic heterocycles. The number of allylic oxidation sites excluding steroid dienone is 2. The average molecular weight is 280 g/mol. The molecule has 0 bridgehead atoms. The summed E-state index contributed by atoms with van der Waals surface area (Å²) in [4.78, 5) is 28.1. The molecule has 1 N–H and O–H groups in total. The number of hydrogen-bond acceptors (Lipinski definition) is 5. The van der Waals surface area contributed by atoms with Crippen LogP contribution < -0.4 is 5.32 Å². The van der Waals surface area contributed by atoms with Crippen LogP contribution in [0.25, 0.3) is 0 Å². The van der Waals surface area contributed by atoms with E-state index in [0.717, 1.165) is 30.6 Å². The molecule has 1 aromatic heterocycles. The molecule has 5 nitrogen and oxygen atoms in total. The number of carbonyl (C=O) groups is 2. The number of hydrogen-bond donors (Lipinski definition) is 1. The van der Waals surface area contributed by atoms with Crippen LogP contribution in [0.4, 0.5) is 5.13 Å². The van der Waals surface area contributed by atoms with Crippen molar-refractivity contribution in [2.75, 3.05) is 12.4 Å². The number of rotatable bonds is 3. The highest BCUT2D eigenvalue weighted by atomic mass is 32.1. The van der Waals surface area contributed by atoms with Crippen LogP contribution in [0.1, 0.15) is 34.6 Å². The summed E-state index contributed by atoms with van der Waals surface area (Å²) in [5.41, 5.74) is 0.579. The fraction of sp³-hybridized carbons (Fsp3) is 0.462. The van der Waals surface area contributed by atoms with Crippen LogP contribution in [-0.2, 0) is 9.53 Å². The van der Waals surface area contributed by atoms with E-state index in [4.69, 9.17) is 0 Å². The first-order valence-electron chi connectivity index (χ1n) is 6.13. The molecule has 102 valence electrons. The van der Waals surface area contributed by atoms with E-state index in [1.54, 1.807) is 6.92 Å². The maximum absolute atomic E-state index is 12.0. The van der Waals surface area contributed by atoms with Gasteiger partial charge < -0.3 is 10.1 Å². The van der Waals surface area contributed by atoms with E-state index in [-0.39, 0.29) is 11.8 Å². The summed E-state index contributed by atoms with van der Waals surface area (Å²) < 4.78 is 4.66. The summed E-state index contributed by atoms with van der Waals surface area (Å²) in [6, 6.07) is 0. The van der Waals surface area contributed by atoms with E-state index in [1.807, 2.05) is 6.08 Å². The summed E-state index contributed by atoms with van der Waals surface area (Å²) in [5, 5.41) is 3.23. The monoisotopic (exact) mass is 280 g/mol. The predicted octanol–water partition coefficient (Wildman–Crippen LogP) is 2.53. The van der Waals surface area contributed by atoms with E-state index in [0.29, 0.717) is 15.7 Å². The first-order valence-corrected chi connectivity index (χ1v) is 6.95. The minimum Gasteiger partial charge on any atom is -0.465 e. The van der Waals surface area contributed by atoms with Crippen LogP contribution in [-0.4, -0.2) is 24.0 Å². The first kappa shape index (κ1) is 13.7. The molecule has 0 spiro atoms. The number of aromatic nitrogens is 1. The van der Waals surface area contributed by atoms with E-state index in [9.17, 15) is 9.59 Å². The Morgan fingerprint density at radius 1 is 1.47 bits per heavy atom. The number of nitrogens with one attached hydrogen (secondary N) is 1. The van der Waals surface area contributed by atoms with Crippen LogP contribution >= 0.6 is 11.3 Å². The van der Waals surface area contributed by atoms with Gasteiger partial charge in [0, 0.05) is 5.92 Å². The van der Waals surface area contributed by atoms with Gasteiger partial charge in [-0.1, -0.05) is 23.5 Å². The zero-order valence-corrected chi connectivity index (χ0v) is 11.8. The highest BCUT2D eigenvalue weighted by molar-refractivity contribution is 7.17. The molecular formula is C13H16N2O3S. The molecule has 1 aliphatic carbocycles. The van der Waals surface area contributed by atoms with Crippen LogP contribution in [0.3, 0.4) is 0 Å². The van der Waals surface area contributed by atoms with Crippen molar-refractivity contribution in [1.29, 1.82) is 0 Å². The van der Waals surface area contributed by atoms with E-state index in [1.165, 1.54) is 7.11 Å². The molecule has 19 heavy (non-hydrogen) atoms. The third-order valence-corrected chi connectivity index (χ3v) is 4.09. The number of methoxy groups -OCH3 is 1. The van der Waals surface area contributed by atoms with Gasteiger partial charge >= 0.3 is 5.97 Å². The molecule has 0 unspecified atom stereocenters. The fourth-order valence-electron chi connectivity index (χ4n) is 1.97. The molecule has 0 saturated carbocycles. The lowest BCUT2D eigenvalue weighted by Crippen LogP contribution is -2.23. The Bertz CT molecular complexity index is 522. The topological polar surface area (TPSA) is 68.3 Å². The number of amides is 1. The van der Waals surface area contributed by atoms with E-state index < -0.39 is 5.97 Å². The van der Waals surface area contributed by atoms with Crippen LogP contribution in [0, 0.1) is 12.8 Å². The summed E-state index contributed by atoms with van der Waals surface area (Å²) >= 11 is 1.15. The normalized spacial score (nSPS) is 18.1. The summed E-state index contributed by atoms with van der Waals surface area (Å²) in [6.45, 7) is 1.72. The number of aryl methyl sites for hydroxylation is 1. The van der Waals surface area contributed by atoms with Crippen molar-refractivity contribution in [3.8, 4) is 0 Å². The quantitative estimate of drug-likeness (QED) is 0.682. The summed E-state index contributed by atoms with van der Waals surface area (Å²) in [7, 11) is 1.33. The van der Waals surface area contributed by atoms with Gasteiger partial charge in [-0.25, -0.2) is 9.78 Å². The first-order chi connectivity index (χ1) is 9.11. The maximum Gasteiger partial charge on any atom is 0.350 e. The van der Waals surface area contributed by atoms with Crippen LogP contribution in [0.15, 0.2) is 12.2 Å². The third-order valence-electron chi connectivity index (χ3n) is 3.04. The second-order valence-corrected chi connectivity index (χ2v) is 5.39. The summed E-state index contributed by atoms with van der Waals surface area (Å²) in [6.07, 6.45) is 6.67. The van der Waals surface area contributed by atoms with Gasteiger partial charge in [0.15, 0.2) is 5.13 Å². The van der Waals surface area contributed by atoms with Gasteiger partial charge in [-0.15, -0.1) is 0 Å². The molecule has 0 aromatic carbocycles. The van der Waals surface area contributed by atoms with Crippen LogP contribution in [0.2, 0.25) is 0 Å². The highest BCUT2D eigenvalue weighted by Gasteiger charge is 2.21. The zero-order chi connectivity index (χ0) is 13.8. The second-order valence-electron chi connectivity index (χ2n) is 4.40. The zero-order valence-electron chi connectivity index (χ0n) is 10.9. The third kappa shape index (κ3) is 3.20. The van der Waals surface area contributed by atoms with Gasteiger partial charge in [-0.3, -0.25) is 4.79 Å². The van der Waals surface area contributed by atoms with Crippen molar-refractivity contribution in [3.63, 3.8) is 0 Å². The molecule has 1 heterocycles. The second kappa shape index (κ2) is 5.97. The molecule has 1 amide bonds. The Hall–Kier alpha value is -1.69. The molecule has 6 heteroatoms. The molecule has 1 aromatic rings.